The highest BCUT2D eigenvalue weighted by Crippen LogP contribution is 2.31. The Morgan fingerprint density at radius 3 is 2.33 bits per heavy atom. The average Bonchev–Trinajstić information content (AvgIpc) is 2.31. The summed E-state index contributed by atoms with van der Waals surface area (Å²) in [5.74, 6) is -0.922. The van der Waals surface area contributed by atoms with Gasteiger partial charge in [-0.15, -0.1) is 0 Å². The van der Waals surface area contributed by atoms with Gasteiger partial charge in [-0.3, -0.25) is 0 Å². The van der Waals surface area contributed by atoms with E-state index in [0.29, 0.717) is 18.2 Å². The Morgan fingerprint density at radius 2 is 1.83 bits per heavy atom. The molecule has 0 heterocycles. The van der Waals surface area contributed by atoms with Crippen molar-refractivity contribution in [2.24, 2.45) is 0 Å². The summed E-state index contributed by atoms with van der Waals surface area (Å²) in [6, 6.07) is 4.76. The Bertz CT molecular complexity index is 545. The zero-order chi connectivity index (χ0) is 13.8. The number of benzene rings is 1. The summed E-state index contributed by atoms with van der Waals surface area (Å²) < 4.78 is 50.3. The quantitative estimate of drug-likeness (QED) is 0.652. The molecule has 0 fully saturated rings. The van der Waals surface area contributed by atoms with Crippen molar-refractivity contribution < 1.29 is 17.6 Å². The molecule has 0 amide bonds. The molecule has 7 heteroatoms. The first-order valence-electron chi connectivity index (χ1n) is 4.52. The highest BCUT2D eigenvalue weighted by molar-refractivity contribution is 5.52. The Labute approximate surface area is 99.6 Å². The van der Waals surface area contributed by atoms with Crippen molar-refractivity contribution in [2.75, 3.05) is 5.32 Å². The van der Waals surface area contributed by atoms with Gasteiger partial charge in [0.25, 0.3) is 0 Å². The van der Waals surface area contributed by atoms with Crippen LogP contribution in [0.5, 0.6) is 0 Å². The zero-order valence-electron chi connectivity index (χ0n) is 8.72. The van der Waals surface area contributed by atoms with Crippen LogP contribution in [0.4, 0.5) is 23.2 Å². The second-order valence-electron chi connectivity index (χ2n) is 3.12. The molecule has 0 atom stereocenters. The third-order valence-electron chi connectivity index (χ3n) is 1.91. The molecular weight excluding hydrogens is 250 g/mol. The largest absolute Gasteiger partial charge is 0.416 e. The highest BCUT2D eigenvalue weighted by Gasteiger charge is 2.31. The van der Waals surface area contributed by atoms with Crippen LogP contribution in [0, 0.1) is 28.5 Å². The minimum atomic E-state index is -4.60. The van der Waals surface area contributed by atoms with E-state index in [2.05, 4.69) is 5.32 Å². The second-order valence-corrected chi connectivity index (χ2v) is 3.12. The molecule has 1 aromatic carbocycles. The summed E-state index contributed by atoms with van der Waals surface area (Å²) in [7, 11) is 0. The lowest BCUT2D eigenvalue weighted by Gasteiger charge is -2.09. The number of rotatable bonds is 2. The lowest BCUT2D eigenvalue weighted by Crippen LogP contribution is -2.06. The van der Waals surface area contributed by atoms with Gasteiger partial charge in [0, 0.05) is 6.20 Å². The van der Waals surface area contributed by atoms with Gasteiger partial charge >= 0.3 is 6.18 Å². The maximum absolute atomic E-state index is 13.2. The van der Waals surface area contributed by atoms with Crippen molar-refractivity contribution in [2.45, 2.75) is 6.18 Å². The van der Waals surface area contributed by atoms with Crippen LogP contribution in [0.15, 0.2) is 30.0 Å². The molecule has 1 N–H and O–H groups in total. The van der Waals surface area contributed by atoms with Crippen molar-refractivity contribution in [3.8, 4) is 12.1 Å². The van der Waals surface area contributed by atoms with E-state index in [9.17, 15) is 17.6 Å². The topological polar surface area (TPSA) is 59.6 Å². The number of alkyl halides is 3. The first-order chi connectivity index (χ1) is 8.38. The van der Waals surface area contributed by atoms with Crippen LogP contribution in [0.2, 0.25) is 0 Å². The van der Waals surface area contributed by atoms with Gasteiger partial charge in [-0.05, 0) is 18.2 Å². The Kier molecular flexibility index (Phi) is 3.90. The van der Waals surface area contributed by atoms with Gasteiger partial charge in [0.2, 0.25) is 0 Å². The number of anilines is 1. The maximum Gasteiger partial charge on any atom is 0.416 e. The van der Waals surface area contributed by atoms with Crippen LogP contribution in [-0.4, -0.2) is 0 Å². The molecule has 1 aromatic rings. The summed E-state index contributed by atoms with van der Waals surface area (Å²) in [6.45, 7) is 0. The standard InChI is InChI=1S/C11H5F4N3/c12-9-2-1-8(11(13,14)15)3-10(9)18-6-7(4-16)5-17/h1-3,6,18H. The van der Waals surface area contributed by atoms with E-state index in [4.69, 9.17) is 10.5 Å². The number of nitrogens with zero attached hydrogens (tertiary/aromatic N) is 2. The van der Waals surface area contributed by atoms with Gasteiger partial charge in [-0.25, -0.2) is 4.39 Å². The van der Waals surface area contributed by atoms with E-state index in [1.807, 2.05) is 0 Å². The van der Waals surface area contributed by atoms with E-state index < -0.39 is 23.2 Å². The third kappa shape index (κ3) is 3.22. The maximum atomic E-state index is 13.2. The Hall–Kier alpha value is -2.54. The summed E-state index contributed by atoms with van der Waals surface area (Å²) in [5.41, 5.74) is -1.88. The molecule has 0 aromatic heterocycles. The van der Waals surface area contributed by atoms with E-state index in [-0.39, 0.29) is 5.57 Å². The predicted molar refractivity (Wildman–Crippen MR) is 54.3 cm³/mol. The number of nitrogens with one attached hydrogen (secondary N) is 1. The van der Waals surface area contributed by atoms with Crippen molar-refractivity contribution >= 4 is 5.69 Å². The van der Waals surface area contributed by atoms with Crippen molar-refractivity contribution in [1.82, 2.24) is 0 Å². The lowest BCUT2D eigenvalue weighted by molar-refractivity contribution is -0.137. The summed E-state index contributed by atoms with van der Waals surface area (Å²) in [5, 5.41) is 19.0. The number of hydrogen-bond acceptors (Lipinski definition) is 3. The monoisotopic (exact) mass is 255 g/mol. The minimum absolute atomic E-state index is 0.383. The fourth-order valence-corrected chi connectivity index (χ4v) is 1.05. The SMILES string of the molecule is N#CC(C#N)=CNc1cc(C(F)(F)F)ccc1F. The molecule has 0 aliphatic carbocycles. The van der Waals surface area contributed by atoms with Crippen LogP contribution < -0.4 is 5.32 Å². The summed E-state index contributed by atoms with van der Waals surface area (Å²) in [6.07, 6.45) is -3.76. The van der Waals surface area contributed by atoms with Crippen molar-refractivity contribution in [1.29, 1.82) is 10.5 Å². The third-order valence-corrected chi connectivity index (χ3v) is 1.91. The second kappa shape index (κ2) is 5.19. The molecule has 0 unspecified atom stereocenters. The number of hydrogen-bond donors (Lipinski definition) is 1. The van der Waals surface area contributed by atoms with Crippen molar-refractivity contribution in [3.63, 3.8) is 0 Å². The van der Waals surface area contributed by atoms with Crippen LogP contribution in [0.25, 0.3) is 0 Å². The Balaban J connectivity index is 3.08. The van der Waals surface area contributed by atoms with Gasteiger partial charge in [0.05, 0.1) is 11.3 Å². The summed E-state index contributed by atoms with van der Waals surface area (Å²) in [4.78, 5) is 0. The molecule has 3 nitrogen and oxygen atoms in total. The van der Waals surface area contributed by atoms with Gasteiger partial charge in [0.1, 0.15) is 23.5 Å². The first kappa shape index (κ1) is 13.5. The molecule has 0 radical (unpaired) electrons. The minimum Gasteiger partial charge on any atom is -0.357 e. The fourth-order valence-electron chi connectivity index (χ4n) is 1.05. The first-order valence-corrected chi connectivity index (χ1v) is 4.52. The Morgan fingerprint density at radius 1 is 1.22 bits per heavy atom. The van der Waals surface area contributed by atoms with Gasteiger partial charge in [-0.2, -0.15) is 23.7 Å². The molecule has 0 spiro atoms. The number of allylic oxidation sites excluding steroid dienone is 1. The summed E-state index contributed by atoms with van der Waals surface area (Å²) >= 11 is 0. The molecular formula is C11H5F4N3. The number of nitriles is 2. The van der Waals surface area contributed by atoms with Crippen LogP contribution in [0.1, 0.15) is 5.56 Å². The van der Waals surface area contributed by atoms with E-state index in [1.54, 1.807) is 0 Å². The smallest absolute Gasteiger partial charge is 0.357 e. The zero-order valence-corrected chi connectivity index (χ0v) is 8.72. The van der Waals surface area contributed by atoms with Crippen LogP contribution in [-0.2, 0) is 6.18 Å². The van der Waals surface area contributed by atoms with Crippen LogP contribution >= 0.6 is 0 Å². The normalized spacial score (nSPS) is 10.1. The average molecular weight is 255 g/mol. The van der Waals surface area contributed by atoms with Crippen molar-refractivity contribution in [3.05, 3.63) is 41.4 Å². The van der Waals surface area contributed by atoms with E-state index in [1.165, 1.54) is 12.1 Å². The van der Waals surface area contributed by atoms with E-state index >= 15 is 0 Å². The number of halogens is 4. The molecule has 18 heavy (non-hydrogen) atoms. The molecule has 0 saturated carbocycles. The molecule has 92 valence electrons. The molecule has 0 aliphatic heterocycles. The molecule has 1 rings (SSSR count). The van der Waals surface area contributed by atoms with Crippen LogP contribution in [0.3, 0.4) is 0 Å². The van der Waals surface area contributed by atoms with Gasteiger partial charge in [0.15, 0.2) is 0 Å². The molecule has 0 bridgehead atoms. The molecule has 0 saturated heterocycles. The molecule has 0 aliphatic rings. The van der Waals surface area contributed by atoms with Gasteiger partial charge in [-0.1, -0.05) is 0 Å². The fraction of sp³-hybridized carbons (Fsp3) is 0.0909. The van der Waals surface area contributed by atoms with Gasteiger partial charge < -0.3 is 5.32 Å². The van der Waals surface area contributed by atoms with E-state index in [0.717, 1.165) is 6.20 Å². The predicted octanol–water partition coefficient (Wildman–Crippen LogP) is 3.19. The lowest BCUT2D eigenvalue weighted by atomic mass is 10.2. The highest BCUT2D eigenvalue weighted by atomic mass is 19.4.